The van der Waals surface area contributed by atoms with Crippen molar-refractivity contribution in [2.75, 3.05) is 7.11 Å². The lowest BCUT2D eigenvalue weighted by Gasteiger charge is -2.53. The maximum Gasteiger partial charge on any atom is 0.311 e. The summed E-state index contributed by atoms with van der Waals surface area (Å²) < 4.78 is 5.11. The average molecular weight is 328 g/mol. The number of methoxy groups -OCH3 is 1. The fourth-order valence-corrected chi connectivity index (χ4v) is 5.07. The molecule has 1 aromatic rings. The highest BCUT2D eigenvalue weighted by molar-refractivity contribution is 6.00. The molecule has 0 bridgehead atoms. The molecular weight excluding hydrogens is 300 g/mol. The van der Waals surface area contributed by atoms with E-state index in [9.17, 15) is 9.59 Å². The van der Waals surface area contributed by atoms with Gasteiger partial charge in [-0.2, -0.15) is 0 Å². The zero-order valence-corrected chi connectivity index (χ0v) is 15.4. The summed E-state index contributed by atoms with van der Waals surface area (Å²) in [7, 11) is 1.45. The Morgan fingerprint density at radius 3 is 2.58 bits per heavy atom. The number of ketones is 1. The van der Waals surface area contributed by atoms with Crippen molar-refractivity contribution in [3.8, 4) is 0 Å². The third-order valence-corrected chi connectivity index (χ3v) is 6.60. The fourth-order valence-electron chi connectivity index (χ4n) is 5.07. The van der Waals surface area contributed by atoms with Crippen LogP contribution in [-0.4, -0.2) is 18.9 Å². The van der Waals surface area contributed by atoms with E-state index >= 15 is 0 Å². The lowest BCUT2D eigenvalue weighted by Crippen LogP contribution is -2.53. The van der Waals surface area contributed by atoms with Gasteiger partial charge >= 0.3 is 5.97 Å². The second kappa shape index (κ2) is 5.72. The normalized spacial score (nSPS) is 32.2. The molecule has 1 unspecified atom stereocenters. The van der Waals surface area contributed by atoms with Gasteiger partial charge in [-0.25, -0.2) is 0 Å². The summed E-state index contributed by atoms with van der Waals surface area (Å²) in [5.74, 6) is 0.414. The molecule has 3 rings (SSSR count). The number of Topliss-reactive ketones (excluding diaryl/α,β-unsaturated/α-hetero) is 1. The van der Waals surface area contributed by atoms with Gasteiger partial charge in [0.25, 0.3) is 0 Å². The largest absolute Gasteiger partial charge is 0.469 e. The lowest BCUT2D eigenvalue weighted by atomic mass is 9.49. The number of carbonyl (C=O) groups is 2. The predicted molar refractivity (Wildman–Crippen MR) is 94.3 cm³/mol. The van der Waals surface area contributed by atoms with Crippen molar-refractivity contribution >= 4 is 11.8 Å². The molecule has 1 saturated carbocycles. The highest BCUT2D eigenvalue weighted by Gasteiger charge is 2.57. The van der Waals surface area contributed by atoms with Crippen LogP contribution in [0.5, 0.6) is 0 Å². The van der Waals surface area contributed by atoms with Crippen molar-refractivity contribution in [2.24, 2.45) is 11.3 Å². The van der Waals surface area contributed by atoms with Crippen molar-refractivity contribution in [1.82, 2.24) is 0 Å². The molecule has 2 aliphatic rings. The number of rotatable bonds is 2. The van der Waals surface area contributed by atoms with Gasteiger partial charge in [-0.3, -0.25) is 9.59 Å². The summed E-state index contributed by atoms with van der Waals surface area (Å²) in [6, 6.07) is 6.36. The number of fused-ring (bicyclic) bond motifs is 3. The Morgan fingerprint density at radius 1 is 1.25 bits per heavy atom. The van der Waals surface area contributed by atoms with Crippen molar-refractivity contribution in [3.05, 3.63) is 34.9 Å². The summed E-state index contributed by atoms with van der Waals surface area (Å²) in [4.78, 5) is 25.4. The Morgan fingerprint density at radius 2 is 1.96 bits per heavy atom. The van der Waals surface area contributed by atoms with Crippen LogP contribution >= 0.6 is 0 Å². The van der Waals surface area contributed by atoms with E-state index in [0.29, 0.717) is 12.3 Å². The first-order valence-corrected chi connectivity index (χ1v) is 9.00. The minimum atomic E-state index is -0.578. The van der Waals surface area contributed by atoms with Crippen LogP contribution in [0.1, 0.15) is 80.8 Å². The molecule has 24 heavy (non-hydrogen) atoms. The molecule has 3 atom stereocenters. The summed E-state index contributed by atoms with van der Waals surface area (Å²) in [5.41, 5.74) is 2.49. The topological polar surface area (TPSA) is 43.4 Å². The maximum atomic E-state index is 12.9. The standard InChI is InChI=1S/C21H28O3/c1-13(2)14-7-8-16-15(11-14)17(22)12-18-20(16,3)9-6-10-21(18,4)19(23)24-5/h7-8,11,13,18H,6,9-10,12H2,1-5H3/t18?,20-,21-/m1/s1. The van der Waals surface area contributed by atoms with Gasteiger partial charge in [0, 0.05) is 12.0 Å². The number of esters is 1. The summed E-state index contributed by atoms with van der Waals surface area (Å²) in [5, 5.41) is 0. The number of hydrogen-bond donors (Lipinski definition) is 0. The molecule has 1 fully saturated rings. The molecule has 0 amide bonds. The van der Waals surface area contributed by atoms with E-state index < -0.39 is 5.41 Å². The number of ether oxygens (including phenoxy) is 1. The predicted octanol–water partition coefficient (Wildman–Crippen LogP) is 4.63. The third kappa shape index (κ3) is 2.32. The van der Waals surface area contributed by atoms with Gasteiger partial charge in [0.05, 0.1) is 12.5 Å². The Hall–Kier alpha value is -1.64. The first-order chi connectivity index (χ1) is 11.2. The Bertz CT molecular complexity index is 690. The first-order valence-electron chi connectivity index (χ1n) is 9.00. The van der Waals surface area contributed by atoms with Crippen molar-refractivity contribution in [3.63, 3.8) is 0 Å². The molecule has 3 nitrogen and oxygen atoms in total. The zero-order valence-electron chi connectivity index (χ0n) is 15.4. The molecule has 2 aliphatic carbocycles. The van der Waals surface area contributed by atoms with Crippen LogP contribution in [0, 0.1) is 11.3 Å². The summed E-state index contributed by atoms with van der Waals surface area (Å²) >= 11 is 0. The second-order valence-electron chi connectivity index (χ2n) is 8.32. The zero-order chi connectivity index (χ0) is 17.7. The van der Waals surface area contributed by atoms with E-state index in [-0.39, 0.29) is 23.1 Å². The number of hydrogen-bond acceptors (Lipinski definition) is 3. The average Bonchev–Trinajstić information content (AvgIpc) is 2.56. The molecular formula is C21H28O3. The molecule has 0 spiro atoms. The van der Waals surface area contributed by atoms with Crippen LogP contribution in [0.3, 0.4) is 0 Å². The lowest BCUT2D eigenvalue weighted by molar-refractivity contribution is -0.160. The fraction of sp³-hybridized carbons (Fsp3) is 0.619. The van der Waals surface area contributed by atoms with E-state index in [4.69, 9.17) is 4.74 Å². The van der Waals surface area contributed by atoms with Crippen molar-refractivity contribution < 1.29 is 14.3 Å². The molecule has 0 heterocycles. The third-order valence-electron chi connectivity index (χ3n) is 6.60. The molecule has 0 radical (unpaired) electrons. The highest BCUT2D eigenvalue weighted by Crippen LogP contribution is 2.57. The van der Waals surface area contributed by atoms with E-state index in [1.165, 1.54) is 12.7 Å². The molecule has 0 saturated heterocycles. The van der Waals surface area contributed by atoms with E-state index in [2.05, 4.69) is 39.0 Å². The monoisotopic (exact) mass is 328 g/mol. The number of carbonyl (C=O) groups excluding carboxylic acids is 2. The van der Waals surface area contributed by atoms with Crippen LogP contribution in [0.4, 0.5) is 0 Å². The van der Waals surface area contributed by atoms with E-state index in [1.54, 1.807) is 0 Å². The quantitative estimate of drug-likeness (QED) is 0.743. The van der Waals surface area contributed by atoms with Gasteiger partial charge in [0.2, 0.25) is 0 Å². The molecule has 0 N–H and O–H groups in total. The Labute approximate surface area is 144 Å². The van der Waals surface area contributed by atoms with Crippen LogP contribution in [-0.2, 0) is 14.9 Å². The van der Waals surface area contributed by atoms with Gasteiger partial charge in [0.1, 0.15) is 0 Å². The molecule has 1 aromatic carbocycles. The van der Waals surface area contributed by atoms with Crippen LogP contribution in [0.25, 0.3) is 0 Å². The van der Waals surface area contributed by atoms with E-state index in [0.717, 1.165) is 30.4 Å². The summed E-state index contributed by atoms with van der Waals surface area (Å²) in [6.45, 7) is 8.52. The molecule has 0 aromatic heterocycles. The minimum Gasteiger partial charge on any atom is -0.469 e. The smallest absolute Gasteiger partial charge is 0.311 e. The molecule has 0 aliphatic heterocycles. The van der Waals surface area contributed by atoms with Gasteiger partial charge in [-0.1, -0.05) is 39.3 Å². The molecule has 130 valence electrons. The van der Waals surface area contributed by atoms with E-state index in [1.807, 2.05) is 6.92 Å². The second-order valence-corrected chi connectivity index (χ2v) is 8.32. The maximum absolute atomic E-state index is 12.9. The van der Waals surface area contributed by atoms with Crippen molar-refractivity contribution in [1.29, 1.82) is 0 Å². The SMILES string of the molecule is COC(=O)[C@]1(C)CCC[C@]2(C)c3ccc(C(C)C)cc3C(=O)CC12. The summed E-state index contributed by atoms with van der Waals surface area (Å²) in [6.07, 6.45) is 3.24. The van der Waals surface area contributed by atoms with Crippen LogP contribution < -0.4 is 0 Å². The van der Waals surface area contributed by atoms with Gasteiger partial charge in [-0.15, -0.1) is 0 Å². The van der Waals surface area contributed by atoms with Gasteiger partial charge in [0.15, 0.2) is 5.78 Å². The van der Waals surface area contributed by atoms with Crippen molar-refractivity contribution in [2.45, 2.75) is 64.7 Å². The Kier molecular flexibility index (Phi) is 4.09. The highest BCUT2D eigenvalue weighted by atomic mass is 16.5. The van der Waals surface area contributed by atoms with Gasteiger partial charge < -0.3 is 4.74 Å². The van der Waals surface area contributed by atoms with Crippen LogP contribution in [0.2, 0.25) is 0 Å². The Balaban J connectivity index is 2.14. The van der Waals surface area contributed by atoms with Gasteiger partial charge in [-0.05, 0) is 54.2 Å². The minimum absolute atomic E-state index is 0.0103. The first kappa shape index (κ1) is 17.2. The molecule has 3 heteroatoms. The van der Waals surface area contributed by atoms with Crippen LogP contribution in [0.15, 0.2) is 18.2 Å². The number of benzene rings is 1.